The van der Waals surface area contributed by atoms with Gasteiger partial charge in [0.25, 0.3) is 5.91 Å². The third kappa shape index (κ3) is 1.62. The minimum absolute atomic E-state index is 0.114. The Labute approximate surface area is 83.8 Å². The maximum atomic E-state index is 11.9. The van der Waals surface area contributed by atoms with Crippen molar-refractivity contribution in [2.24, 2.45) is 0 Å². The first-order chi connectivity index (χ1) is 6.79. The van der Waals surface area contributed by atoms with Crippen LogP contribution in [0, 0.1) is 0 Å². The average Bonchev–Trinajstić information content (AvgIpc) is 2.65. The number of likely N-dealkylation sites (tertiary alicyclic amines) is 1. The van der Waals surface area contributed by atoms with Gasteiger partial charge in [0, 0.05) is 25.0 Å². The van der Waals surface area contributed by atoms with E-state index in [4.69, 9.17) is 0 Å². The Morgan fingerprint density at radius 3 is 3.07 bits per heavy atom. The van der Waals surface area contributed by atoms with Gasteiger partial charge in [-0.15, -0.1) is 0 Å². The molecule has 1 unspecified atom stereocenters. The first kappa shape index (κ1) is 9.19. The van der Waals surface area contributed by atoms with E-state index in [1.165, 1.54) is 0 Å². The van der Waals surface area contributed by atoms with Gasteiger partial charge in [0.2, 0.25) is 0 Å². The normalized spacial score (nSPS) is 21.2. The van der Waals surface area contributed by atoms with Gasteiger partial charge < -0.3 is 4.90 Å². The lowest BCUT2D eigenvalue weighted by Crippen LogP contribution is -2.33. The van der Waals surface area contributed by atoms with Gasteiger partial charge in [0.1, 0.15) is 0 Å². The average molecular weight is 190 g/mol. The SMILES string of the molecule is CC1CCCN1C(=O)c1cccnc1. The molecule has 1 aromatic rings. The fourth-order valence-corrected chi connectivity index (χ4v) is 1.89. The minimum Gasteiger partial charge on any atom is -0.336 e. The van der Waals surface area contributed by atoms with E-state index in [0.717, 1.165) is 19.4 Å². The van der Waals surface area contributed by atoms with Crippen molar-refractivity contribution >= 4 is 5.91 Å². The lowest BCUT2D eigenvalue weighted by molar-refractivity contribution is 0.0747. The van der Waals surface area contributed by atoms with Gasteiger partial charge in [-0.25, -0.2) is 0 Å². The number of carbonyl (C=O) groups excluding carboxylic acids is 1. The van der Waals surface area contributed by atoms with Crippen molar-refractivity contribution in [3.05, 3.63) is 30.1 Å². The highest BCUT2D eigenvalue weighted by atomic mass is 16.2. The summed E-state index contributed by atoms with van der Waals surface area (Å²) in [5.74, 6) is 0.114. The largest absolute Gasteiger partial charge is 0.336 e. The number of carbonyl (C=O) groups is 1. The molecule has 0 N–H and O–H groups in total. The molecule has 14 heavy (non-hydrogen) atoms. The van der Waals surface area contributed by atoms with Crippen molar-refractivity contribution < 1.29 is 4.79 Å². The summed E-state index contributed by atoms with van der Waals surface area (Å²) in [6.07, 6.45) is 5.55. The van der Waals surface area contributed by atoms with Crippen molar-refractivity contribution in [1.82, 2.24) is 9.88 Å². The highest BCUT2D eigenvalue weighted by molar-refractivity contribution is 5.94. The van der Waals surface area contributed by atoms with Gasteiger partial charge >= 0.3 is 0 Å². The molecule has 1 aromatic heterocycles. The van der Waals surface area contributed by atoms with Crippen LogP contribution in [0.4, 0.5) is 0 Å². The lowest BCUT2D eigenvalue weighted by atomic mass is 10.2. The molecule has 3 heteroatoms. The van der Waals surface area contributed by atoms with Crippen LogP contribution in [0.5, 0.6) is 0 Å². The fraction of sp³-hybridized carbons (Fsp3) is 0.455. The summed E-state index contributed by atoms with van der Waals surface area (Å²) in [5.41, 5.74) is 0.696. The monoisotopic (exact) mass is 190 g/mol. The van der Waals surface area contributed by atoms with Crippen LogP contribution < -0.4 is 0 Å². The van der Waals surface area contributed by atoms with Crippen molar-refractivity contribution in [2.75, 3.05) is 6.54 Å². The van der Waals surface area contributed by atoms with E-state index < -0.39 is 0 Å². The van der Waals surface area contributed by atoms with E-state index in [1.54, 1.807) is 18.5 Å². The van der Waals surface area contributed by atoms with Gasteiger partial charge in [-0.05, 0) is 31.9 Å². The molecule has 2 heterocycles. The van der Waals surface area contributed by atoms with Crippen LogP contribution in [0.15, 0.2) is 24.5 Å². The summed E-state index contributed by atoms with van der Waals surface area (Å²) >= 11 is 0. The second-order valence-electron chi connectivity index (χ2n) is 3.73. The molecule has 1 saturated heterocycles. The Hall–Kier alpha value is -1.38. The highest BCUT2D eigenvalue weighted by Gasteiger charge is 2.25. The van der Waals surface area contributed by atoms with Crippen molar-refractivity contribution in [3.63, 3.8) is 0 Å². The molecule has 3 nitrogen and oxygen atoms in total. The van der Waals surface area contributed by atoms with Crippen molar-refractivity contribution in [3.8, 4) is 0 Å². The van der Waals surface area contributed by atoms with Crippen LogP contribution in [0.3, 0.4) is 0 Å². The van der Waals surface area contributed by atoms with Crippen LogP contribution in [0.25, 0.3) is 0 Å². The third-order valence-corrected chi connectivity index (χ3v) is 2.72. The molecule has 1 atom stereocenters. The Bertz CT molecular complexity index is 323. The van der Waals surface area contributed by atoms with Gasteiger partial charge in [-0.2, -0.15) is 0 Å². The number of hydrogen-bond donors (Lipinski definition) is 0. The van der Waals surface area contributed by atoms with E-state index in [-0.39, 0.29) is 5.91 Å². The fourth-order valence-electron chi connectivity index (χ4n) is 1.89. The van der Waals surface area contributed by atoms with Gasteiger partial charge in [0.15, 0.2) is 0 Å². The van der Waals surface area contributed by atoms with Gasteiger partial charge in [0.05, 0.1) is 5.56 Å². The predicted molar refractivity (Wildman–Crippen MR) is 54.0 cm³/mol. The molecular formula is C11H14N2O. The molecular weight excluding hydrogens is 176 g/mol. The zero-order chi connectivity index (χ0) is 9.97. The molecule has 1 fully saturated rings. The lowest BCUT2D eigenvalue weighted by Gasteiger charge is -2.21. The van der Waals surface area contributed by atoms with Gasteiger partial charge in [-0.3, -0.25) is 9.78 Å². The third-order valence-electron chi connectivity index (χ3n) is 2.72. The molecule has 0 saturated carbocycles. The van der Waals surface area contributed by atoms with Crippen LogP contribution in [0.2, 0.25) is 0 Å². The number of rotatable bonds is 1. The Morgan fingerprint density at radius 2 is 2.50 bits per heavy atom. The smallest absolute Gasteiger partial charge is 0.255 e. The first-order valence-electron chi connectivity index (χ1n) is 5.00. The second kappa shape index (κ2) is 3.78. The number of pyridine rings is 1. The highest BCUT2D eigenvalue weighted by Crippen LogP contribution is 2.18. The number of hydrogen-bond acceptors (Lipinski definition) is 2. The minimum atomic E-state index is 0.114. The van der Waals surface area contributed by atoms with E-state index >= 15 is 0 Å². The summed E-state index contributed by atoms with van der Waals surface area (Å²) in [4.78, 5) is 17.8. The number of amides is 1. The summed E-state index contributed by atoms with van der Waals surface area (Å²) in [6, 6.07) is 4.00. The van der Waals surface area contributed by atoms with Crippen LogP contribution in [-0.2, 0) is 0 Å². The summed E-state index contributed by atoms with van der Waals surface area (Å²) in [7, 11) is 0. The molecule has 1 aliphatic heterocycles. The second-order valence-corrected chi connectivity index (χ2v) is 3.73. The van der Waals surface area contributed by atoms with Crippen LogP contribution in [0.1, 0.15) is 30.1 Å². The van der Waals surface area contributed by atoms with E-state index in [1.807, 2.05) is 11.0 Å². The molecule has 0 radical (unpaired) electrons. The molecule has 0 bridgehead atoms. The maximum absolute atomic E-state index is 11.9. The summed E-state index contributed by atoms with van der Waals surface area (Å²) in [5, 5.41) is 0. The molecule has 0 spiro atoms. The summed E-state index contributed by atoms with van der Waals surface area (Å²) < 4.78 is 0. The Kier molecular flexibility index (Phi) is 2.48. The Balaban J connectivity index is 2.16. The zero-order valence-electron chi connectivity index (χ0n) is 8.31. The van der Waals surface area contributed by atoms with Crippen molar-refractivity contribution in [1.29, 1.82) is 0 Å². The molecule has 0 aromatic carbocycles. The van der Waals surface area contributed by atoms with Crippen LogP contribution >= 0.6 is 0 Å². The van der Waals surface area contributed by atoms with Gasteiger partial charge in [-0.1, -0.05) is 0 Å². The summed E-state index contributed by atoms with van der Waals surface area (Å²) in [6.45, 7) is 2.98. The Morgan fingerprint density at radius 1 is 1.64 bits per heavy atom. The number of aromatic nitrogens is 1. The standard InChI is InChI=1S/C11H14N2O/c1-9-4-3-7-13(9)11(14)10-5-2-6-12-8-10/h2,5-6,8-9H,3-4,7H2,1H3. The van der Waals surface area contributed by atoms with E-state index in [9.17, 15) is 4.79 Å². The zero-order valence-corrected chi connectivity index (χ0v) is 8.31. The number of nitrogens with zero attached hydrogens (tertiary/aromatic N) is 2. The first-order valence-corrected chi connectivity index (χ1v) is 5.00. The maximum Gasteiger partial charge on any atom is 0.255 e. The molecule has 74 valence electrons. The molecule has 0 aliphatic carbocycles. The molecule has 2 rings (SSSR count). The quantitative estimate of drug-likeness (QED) is 0.675. The molecule has 1 aliphatic rings. The molecule has 1 amide bonds. The van der Waals surface area contributed by atoms with Crippen LogP contribution in [-0.4, -0.2) is 28.4 Å². The topological polar surface area (TPSA) is 33.2 Å². The predicted octanol–water partition coefficient (Wildman–Crippen LogP) is 1.71. The van der Waals surface area contributed by atoms with Crippen molar-refractivity contribution in [2.45, 2.75) is 25.8 Å². The van der Waals surface area contributed by atoms with E-state index in [2.05, 4.69) is 11.9 Å². The van der Waals surface area contributed by atoms with E-state index in [0.29, 0.717) is 11.6 Å².